The molecule has 0 aromatic rings. The number of hydrogen-bond donors (Lipinski definition) is 0. The van der Waals surface area contributed by atoms with E-state index in [1.807, 2.05) is 6.92 Å². The van der Waals surface area contributed by atoms with Crippen molar-refractivity contribution >= 4 is 5.97 Å². The van der Waals surface area contributed by atoms with Gasteiger partial charge in [0.05, 0.1) is 25.4 Å². The smallest absolute Gasteiger partial charge is 0.338 e. The van der Waals surface area contributed by atoms with Crippen LogP contribution in [0.25, 0.3) is 0 Å². The molecule has 0 heterocycles. The van der Waals surface area contributed by atoms with Gasteiger partial charge in [0.15, 0.2) is 6.29 Å². The van der Waals surface area contributed by atoms with Gasteiger partial charge in [-0.2, -0.15) is 0 Å². The van der Waals surface area contributed by atoms with Crippen LogP contribution in [0.5, 0.6) is 0 Å². The van der Waals surface area contributed by atoms with Gasteiger partial charge in [-0.1, -0.05) is 40.2 Å². The first kappa shape index (κ1) is 18.1. The predicted octanol–water partition coefficient (Wildman–Crippen LogP) is 3.46. The SMILES string of the molecule is C=C(C(=O)OCCC)C(OCCCC)OCCCC. The summed E-state index contributed by atoms with van der Waals surface area (Å²) in [6, 6.07) is 0. The molecule has 0 aliphatic heterocycles. The average Bonchev–Trinajstić information content (AvgIpc) is 2.42. The fraction of sp³-hybridized carbons (Fsp3) is 0.800. The molecule has 0 saturated carbocycles. The lowest BCUT2D eigenvalue weighted by molar-refractivity contribution is -0.152. The lowest BCUT2D eigenvalue weighted by atomic mass is 10.3. The van der Waals surface area contributed by atoms with Gasteiger partial charge in [-0.25, -0.2) is 4.79 Å². The third kappa shape index (κ3) is 8.78. The van der Waals surface area contributed by atoms with Gasteiger partial charge in [-0.05, 0) is 19.3 Å². The van der Waals surface area contributed by atoms with Crippen molar-refractivity contribution in [1.82, 2.24) is 0 Å². The van der Waals surface area contributed by atoms with E-state index in [2.05, 4.69) is 20.4 Å². The zero-order valence-electron chi connectivity index (χ0n) is 12.6. The first-order valence-electron chi connectivity index (χ1n) is 7.26. The number of carbonyl (C=O) groups is 1. The van der Waals surface area contributed by atoms with Gasteiger partial charge in [0.2, 0.25) is 0 Å². The van der Waals surface area contributed by atoms with Gasteiger partial charge in [0.1, 0.15) is 0 Å². The van der Waals surface area contributed by atoms with Crippen LogP contribution in [0, 0.1) is 0 Å². The third-order valence-electron chi connectivity index (χ3n) is 2.52. The van der Waals surface area contributed by atoms with Crippen LogP contribution in [0.4, 0.5) is 0 Å². The highest BCUT2D eigenvalue weighted by atomic mass is 16.7. The molecule has 0 rings (SSSR count). The van der Waals surface area contributed by atoms with E-state index in [0.717, 1.165) is 32.1 Å². The molecule has 0 atom stereocenters. The molecule has 4 heteroatoms. The molecule has 0 aliphatic carbocycles. The van der Waals surface area contributed by atoms with Gasteiger partial charge >= 0.3 is 5.97 Å². The molecule has 0 aromatic heterocycles. The zero-order chi connectivity index (χ0) is 14.5. The summed E-state index contributed by atoms with van der Waals surface area (Å²) in [5, 5.41) is 0. The number of carbonyl (C=O) groups excluding carboxylic acids is 1. The van der Waals surface area contributed by atoms with Crippen molar-refractivity contribution in [3.05, 3.63) is 12.2 Å². The van der Waals surface area contributed by atoms with Crippen LogP contribution in [0.2, 0.25) is 0 Å². The molecule has 0 bridgehead atoms. The number of unbranched alkanes of at least 4 members (excludes halogenated alkanes) is 2. The number of ether oxygens (including phenoxy) is 3. The summed E-state index contributed by atoms with van der Waals surface area (Å²) in [4.78, 5) is 11.7. The van der Waals surface area contributed by atoms with Crippen LogP contribution in [0.3, 0.4) is 0 Å². The van der Waals surface area contributed by atoms with Crippen LogP contribution < -0.4 is 0 Å². The first-order chi connectivity index (χ1) is 9.17. The Morgan fingerprint density at radius 2 is 1.47 bits per heavy atom. The fourth-order valence-electron chi connectivity index (χ4n) is 1.30. The molecular formula is C15H28O4. The summed E-state index contributed by atoms with van der Waals surface area (Å²) in [5.41, 5.74) is 0.251. The third-order valence-corrected chi connectivity index (χ3v) is 2.52. The molecule has 19 heavy (non-hydrogen) atoms. The van der Waals surface area contributed by atoms with Gasteiger partial charge in [-0.3, -0.25) is 0 Å². The minimum atomic E-state index is -0.678. The predicted molar refractivity (Wildman–Crippen MR) is 75.9 cm³/mol. The summed E-state index contributed by atoms with van der Waals surface area (Å²) in [5.74, 6) is -0.431. The fourth-order valence-corrected chi connectivity index (χ4v) is 1.30. The second-order valence-electron chi connectivity index (χ2n) is 4.44. The molecule has 0 saturated heterocycles. The Morgan fingerprint density at radius 1 is 0.947 bits per heavy atom. The van der Waals surface area contributed by atoms with E-state index in [4.69, 9.17) is 14.2 Å². The van der Waals surface area contributed by atoms with Crippen molar-refractivity contribution in [1.29, 1.82) is 0 Å². The van der Waals surface area contributed by atoms with Crippen LogP contribution in [-0.2, 0) is 19.0 Å². The lowest BCUT2D eigenvalue weighted by Gasteiger charge is -2.19. The van der Waals surface area contributed by atoms with Crippen molar-refractivity contribution < 1.29 is 19.0 Å². The number of esters is 1. The molecule has 0 N–H and O–H groups in total. The monoisotopic (exact) mass is 272 g/mol. The number of rotatable bonds is 12. The summed E-state index contributed by atoms with van der Waals surface area (Å²) < 4.78 is 16.2. The molecule has 112 valence electrons. The van der Waals surface area contributed by atoms with E-state index in [-0.39, 0.29) is 5.57 Å². The molecule has 4 nitrogen and oxygen atoms in total. The second-order valence-corrected chi connectivity index (χ2v) is 4.44. The highest BCUT2D eigenvalue weighted by Crippen LogP contribution is 2.11. The van der Waals surface area contributed by atoms with Crippen molar-refractivity contribution in [2.24, 2.45) is 0 Å². The van der Waals surface area contributed by atoms with Crippen molar-refractivity contribution in [2.45, 2.75) is 59.2 Å². The van der Waals surface area contributed by atoms with E-state index in [1.165, 1.54) is 0 Å². The summed E-state index contributed by atoms with van der Waals surface area (Å²) in [6.45, 7) is 11.4. The Balaban J connectivity index is 4.26. The second kappa shape index (κ2) is 12.2. The van der Waals surface area contributed by atoms with E-state index >= 15 is 0 Å². The largest absolute Gasteiger partial charge is 0.462 e. The Kier molecular flexibility index (Phi) is 11.6. The minimum absolute atomic E-state index is 0.251. The maximum Gasteiger partial charge on any atom is 0.338 e. The molecule has 0 unspecified atom stereocenters. The van der Waals surface area contributed by atoms with Gasteiger partial charge < -0.3 is 14.2 Å². The lowest BCUT2D eigenvalue weighted by Crippen LogP contribution is -2.26. The van der Waals surface area contributed by atoms with Crippen LogP contribution in [0.1, 0.15) is 52.9 Å². The van der Waals surface area contributed by atoms with Gasteiger partial charge in [-0.15, -0.1) is 0 Å². The Morgan fingerprint density at radius 3 is 1.89 bits per heavy atom. The van der Waals surface area contributed by atoms with E-state index < -0.39 is 12.3 Å². The van der Waals surface area contributed by atoms with Crippen molar-refractivity contribution in [3.63, 3.8) is 0 Å². The first-order valence-corrected chi connectivity index (χ1v) is 7.26. The Labute approximate surface area is 117 Å². The molecule has 0 spiro atoms. The summed E-state index contributed by atoms with van der Waals surface area (Å²) in [6.07, 6.45) is 4.05. The number of hydrogen-bond acceptors (Lipinski definition) is 4. The summed E-state index contributed by atoms with van der Waals surface area (Å²) in [7, 11) is 0. The molecule has 0 fully saturated rings. The molecule has 0 amide bonds. The van der Waals surface area contributed by atoms with Crippen LogP contribution in [-0.4, -0.2) is 32.1 Å². The normalized spacial score (nSPS) is 10.7. The molecule has 0 radical (unpaired) electrons. The Bertz CT molecular complexity index is 241. The highest BCUT2D eigenvalue weighted by Gasteiger charge is 2.21. The van der Waals surface area contributed by atoms with Crippen molar-refractivity contribution in [2.75, 3.05) is 19.8 Å². The quantitative estimate of drug-likeness (QED) is 0.236. The highest BCUT2D eigenvalue weighted by molar-refractivity contribution is 5.88. The molecular weight excluding hydrogens is 244 g/mol. The van der Waals surface area contributed by atoms with E-state index in [9.17, 15) is 4.79 Å². The van der Waals surface area contributed by atoms with Crippen LogP contribution >= 0.6 is 0 Å². The van der Waals surface area contributed by atoms with Crippen molar-refractivity contribution in [3.8, 4) is 0 Å². The maximum atomic E-state index is 11.7. The van der Waals surface area contributed by atoms with Crippen LogP contribution in [0.15, 0.2) is 12.2 Å². The molecule has 0 aliphatic rings. The summed E-state index contributed by atoms with van der Waals surface area (Å²) >= 11 is 0. The molecule has 0 aromatic carbocycles. The minimum Gasteiger partial charge on any atom is -0.462 e. The maximum absolute atomic E-state index is 11.7. The topological polar surface area (TPSA) is 44.8 Å². The zero-order valence-corrected chi connectivity index (χ0v) is 12.6. The van der Waals surface area contributed by atoms with E-state index in [1.54, 1.807) is 0 Å². The van der Waals surface area contributed by atoms with E-state index in [0.29, 0.717) is 19.8 Å². The average molecular weight is 272 g/mol. The Hall–Kier alpha value is -0.870. The standard InChI is InChI=1S/C15H28O4/c1-5-8-11-18-15(19-12-9-6-2)13(4)14(16)17-10-7-3/h15H,4-12H2,1-3H3. The van der Waals surface area contributed by atoms with Gasteiger partial charge in [0.25, 0.3) is 0 Å². The van der Waals surface area contributed by atoms with Gasteiger partial charge in [0, 0.05) is 0 Å².